The van der Waals surface area contributed by atoms with Gasteiger partial charge in [0, 0.05) is 20.2 Å². The minimum Gasteiger partial charge on any atom is -0.494 e. The van der Waals surface area contributed by atoms with Gasteiger partial charge in [-0.3, -0.25) is 0 Å². The maximum atomic E-state index is 12.9. The number of methoxy groups -OCH3 is 1. The predicted molar refractivity (Wildman–Crippen MR) is 98.3 cm³/mol. The molecule has 144 valence electrons. The number of nitrogens with zero attached hydrogens (tertiary/aromatic N) is 2. The largest absolute Gasteiger partial charge is 0.494 e. The highest BCUT2D eigenvalue weighted by Gasteiger charge is 2.23. The highest BCUT2D eigenvalue weighted by molar-refractivity contribution is 7.89. The van der Waals surface area contributed by atoms with Crippen molar-refractivity contribution >= 4 is 10.0 Å². The Labute approximate surface area is 158 Å². The summed E-state index contributed by atoms with van der Waals surface area (Å²) in [5, 5.41) is 8.85. The maximum Gasteiger partial charge on any atom is 0.243 e. The molecule has 0 bridgehead atoms. The van der Waals surface area contributed by atoms with Gasteiger partial charge in [0.2, 0.25) is 10.0 Å². The SMILES string of the molecule is COCCN(CCCOc1ccc(F)cc1)S(=O)(=O)c1ccc(C#N)cc1. The highest BCUT2D eigenvalue weighted by Crippen LogP contribution is 2.17. The average Bonchev–Trinajstić information content (AvgIpc) is 2.68. The summed E-state index contributed by atoms with van der Waals surface area (Å²) in [5.74, 6) is 0.177. The van der Waals surface area contributed by atoms with E-state index in [0.29, 0.717) is 17.7 Å². The third-order valence-electron chi connectivity index (χ3n) is 3.80. The van der Waals surface area contributed by atoms with Crippen LogP contribution in [0.5, 0.6) is 5.75 Å². The van der Waals surface area contributed by atoms with Crippen LogP contribution in [0.2, 0.25) is 0 Å². The summed E-state index contributed by atoms with van der Waals surface area (Å²) in [5.41, 5.74) is 0.394. The Kier molecular flexibility index (Phi) is 7.73. The number of sulfonamides is 1. The monoisotopic (exact) mass is 392 g/mol. The van der Waals surface area contributed by atoms with Crippen molar-refractivity contribution in [3.63, 3.8) is 0 Å². The topological polar surface area (TPSA) is 79.6 Å². The van der Waals surface area contributed by atoms with Gasteiger partial charge in [0.1, 0.15) is 11.6 Å². The molecule has 27 heavy (non-hydrogen) atoms. The van der Waals surface area contributed by atoms with Crippen LogP contribution in [0.15, 0.2) is 53.4 Å². The van der Waals surface area contributed by atoms with Crippen molar-refractivity contribution in [2.24, 2.45) is 0 Å². The average molecular weight is 392 g/mol. The molecule has 2 aromatic rings. The van der Waals surface area contributed by atoms with Gasteiger partial charge in [-0.15, -0.1) is 0 Å². The molecule has 0 heterocycles. The summed E-state index contributed by atoms with van der Waals surface area (Å²) in [7, 11) is -2.21. The molecule has 0 aliphatic rings. The van der Waals surface area contributed by atoms with Gasteiger partial charge < -0.3 is 9.47 Å². The van der Waals surface area contributed by atoms with Gasteiger partial charge in [0.25, 0.3) is 0 Å². The fraction of sp³-hybridized carbons (Fsp3) is 0.316. The fourth-order valence-corrected chi connectivity index (χ4v) is 3.82. The van der Waals surface area contributed by atoms with E-state index in [0.717, 1.165) is 0 Å². The minimum absolute atomic E-state index is 0.122. The van der Waals surface area contributed by atoms with Crippen LogP contribution in [0, 0.1) is 17.1 Å². The van der Waals surface area contributed by atoms with Crippen LogP contribution < -0.4 is 4.74 Å². The maximum absolute atomic E-state index is 12.9. The Hall–Kier alpha value is -2.47. The summed E-state index contributed by atoms with van der Waals surface area (Å²) < 4.78 is 50.4. The first-order valence-corrected chi connectivity index (χ1v) is 9.79. The van der Waals surface area contributed by atoms with Crippen molar-refractivity contribution in [2.45, 2.75) is 11.3 Å². The summed E-state index contributed by atoms with van der Waals surface area (Å²) in [6.07, 6.45) is 0.455. The van der Waals surface area contributed by atoms with Crippen LogP contribution in [0.25, 0.3) is 0 Å². The van der Waals surface area contributed by atoms with E-state index in [2.05, 4.69) is 0 Å². The molecule has 0 N–H and O–H groups in total. The lowest BCUT2D eigenvalue weighted by Gasteiger charge is -2.22. The lowest BCUT2D eigenvalue weighted by Crippen LogP contribution is -2.35. The molecule has 2 rings (SSSR count). The molecule has 6 nitrogen and oxygen atoms in total. The van der Waals surface area contributed by atoms with Crippen molar-refractivity contribution in [2.75, 3.05) is 33.4 Å². The van der Waals surface area contributed by atoms with Crippen molar-refractivity contribution in [3.05, 3.63) is 59.9 Å². The second kappa shape index (κ2) is 10.0. The Balaban J connectivity index is 2.00. The van der Waals surface area contributed by atoms with Crippen LogP contribution in [-0.2, 0) is 14.8 Å². The highest BCUT2D eigenvalue weighted by atomic mass is 32.2. The van der Waals surface area contributed by atoms with Gasteiger partial charge in [-0.25, -0.2) is 12.8 Å². The van der Waals surface area contributed by atoms with Gasteiger partial charge in [0.05, 0.1) is 29.7 Å². The molecule has 0 unspecified atom stereocenters. The second-order valence-corrected chi connectivity index (χ2v) is 7.63. The molecule has 0 aromatic heterocycles. The van der Waals surface area contributed by atoms with E-state index in [9.17, 15) is 12.8 Å². The summed E-state index contributed by atoms with van der Waals surface area (Å²) in [4.78, 5) is 0.122. The molecule has 0 atom stereocenters. The molecule has 0 radical (unpaired) electrons. The van der Waals surface area contributed by atoms with E-state index < -0.39 is 10.0 Å². The van der Waals surface area contributed by atoms with Crippen molar-refractivity contribution < 1.29 is 22.3 Å². The van der Waals surface area contributed by atoms with Gasteiger partial charge in [-0.05, 0) is 55.0 Å². The molecule has 0 saturated heterocycles. The fourth-order valence-electron chi connectivity index (χ4n) is 2.36. The first-order valence-electron chi connectivity index (χ1n) is 8.35. The number of rotatable bonds is 10. The second-order valence-electron chi connectivity index (χ2n) is 5.69. The Morgan fingerprint density at radius 3 is 2.30 bits per heavy atom. The third-order valence-corrected chi connectivity index (χ3v) is 5.71. The van der Waals surface area contributed by atoms with E-state index in [-0.39, 0.29) is 37.0 Å². The van der Waals surface area contributed by atoms with E-state index in [1.165, 1.54) is 59.9 Å². The third kappa shape index (κ3) is 6.03. The number of benzene rings is 2. The molecule has 8 heteroatoms. The first-order chi connectivity index (χ1) is 13.0. The summed E-state index contributed by atoms with van der Waals surface area (Å²) >= 11 is 0. The Bertz CT molecular complexity index is 862. The van der Waals surface area contributed by atoms with Gasteiger partial charge in [-0.2, -0.15) is 9.57 Å². The Morgan fingerprint density at radius 2 is 1.70 bits per heavy atom. The van der Waals surface area contributed by atoms with Crippen LogP contribution in [0.1, 0.15) is 12.0 Å². The number of nitriles is 1. The molecular weight excluding hydrogens is 371 g/mol. The summed E-state index contributed by atoms with van der Waals surface area (Å²) in [6, 6.07) is 13.4. The summed E-state index contributed by atoms with van der Waals surface area (Å²) in [6.45, 7) is 0.995. The van der Waals surface area contributed by atoms with Crippen LogP contribution in [0.4, 0.5) is 4.39 Å². The smallest absolute Gasteiger partial charge is 0.243 e. The molecule has 0 saturated carbocycles. The van der Waals surface area contributed by atoms with E-state index in [1.807, 2.05) is 6.07 Å². The zero-order valence-corrected chi connectivity index (χ0v) is 15.8. The van der Waals surface area contributed by atoms with Gasteiger partial charge in [0.15, 0.2) is 0 Å². The molecule has 0 fully saturated rings. The normalized spacial score (nSPS) is 11.3. The predicted octanol–water partition coefficient (Wildman–Crippen LogP) is 2.80. The molecule has 0 spiro atoms. The van der Waals surface area contributed by atoms with Gasteiger partial charge >= 0.3 is 0 Å². The van der Waals surface area contributed by atoms with Crippen molar-refractivity contribution in [3.8, 4) is 11.8 Å². The van der Waals surface area contributed by atoms with E-state index in [4.69, 9.17) is 14.7 Å². The van der Waals surface area contributed by atoms with Crippen molar-refractivity contribution in [1.29, 1.82) is 5.26 Å². The molecule has 0 aliphatic heterocycles. The first kappa shape index (κ1) is 20.8. The molecule has 0 aliphatic carbocycles. The standard InChI is InChI=1S/C19H21FN2O4S/c1-25-14-12-22(11-2-13-26-18-7-5-17(20)6-8-18)27(23,24)19-9-3-16(15-21)4-10-19/h3-10H,2,11-14H2,1H3. The molecular formula is C19H21FN2O4S. The lowest BCUT2D eigenvalue weighted by atomic mass is 10.2. The number of hydrogen-bond acceptors (Lipinski definition) is 5. The molecule has 2 aromatic carbocycles. The van der Waals surface area contributed by atoms with Crippen LogP contribution in [0.3, 0.4) is 0 Å². The quantitative estimate of drug-likeness (QED) is 0.581. The van der Waals surface area contributed by atoms with Crippen molar-refractivity contribution in [1.82, 2.24) is 4.31 Å². The van der Waals surface area contributed by atoms with Crippen LogP contribution in [-0.4, -0.2) is 46.1 Å². The lowest BCUT2D eigenvalue weighted by molar-refractivity contribution is 0.176. The zero-order chi connectivity index (χ0) is 19.7. The van der Waals surface area contributed by atoms with E-state index >= 15 is 0 Å². The minimum atomic E-state index is -3.71. The number of ether oxygens (including phenoxy) is 2. The zero-order valence-electron chi connectivity index (χ0n) is 15.0. The number of halogens is 1. The molecule has 0 amide bonds. The van der Waals surface area contributed by atoms with Gasteiger partial charge in [-0.1, -0.05) is 0 Å². The number of hydrogen-bond donors (Lipinski definition) is 0. The van der Waals surface area contributed by atoms with E-state index in [1.54, 1.807) is 0 Å². The Morgan fingerprint density at radius 1 is 1.04 bits per heavy atom. The van der Waals surface area contributed by atoms with Crippen LogP contribution >= 0.6 is 0 Å².